The fourth-order valence-electron chi connectivity index (χ4n) is 2.73. The van der Waals surface area contributed by atoms with Crippen LogP contribution in [-0.4, -0.2) is 35.4 Å². The van der Waals surface area contributed by atoms with Crippen molar-refractivity contribution >= 4 is 17.7 Å². The van der Waals surface area contributed by atoms with Crippen LogP contribution >= 0.6 is 0 Å². The summed E-state index contributed by atoms with van der Waals surface area (Å²) in [5, 5.41) is 2.33. The van der Waals surface area contributed by atoms with Crippen molar-refractivity contribution in [1.82, 2.24) is 9.88 Å². The van der Waals surface area contributed by atoms with Crippen LogP contribution in [0.5, 0.6) is 0 Å². The highest BCUT2D eigenvalue weighted by atomic mass is 19.1. The third kappa shape index (κ3) is 4.56. The van der Waals surface area contributed by atoms with E-state index in [0.717, 1.165) is 24.0 Å². The van der Waals surface area contributed by atoms with Crippen LogP contribution in [0.25, 0.3) is 0 Å². The highest BCUT2D eigenvalue weighted by Crippen LogP contribution is 2.15. The number of aromatic nitrogens is 1. The zero-order chi connectivity index (χ0) is 19.3. The van der Waals surface area contributed by atoms with Crippen LogP contribution in [0.4, 0.5) is 4.39 Å². The van der Waals surface area contributed by atoms with Crippen molar-refractivity contribution in [3.05, 3.63) is 58.7 Å². The Hall–Kier alpha value is -2.96. The van der Waals surface area contributed by atoms with Gasteiger partial charge in [0.25, 0.3) is 5.91 Å². The van der Waals surface area contributed by atoms with E-state index in [0.29, 0.717) is 5.56 Å². The maximum atomic E-state index is 13.1. The van der Waals surface area contributed by atoms with Crippen LogP contribution in [0, 0.1) is 19.7 Å². The Morgan fingerprint density at radius 2 is 1.92 bits per heavy atom. The van der Waals surface area contributed by atoms with E-state index in [-0.39, 0.29) is 11.3 Å². The number of carbonyl (C=O) groups excluding carboxylic acids is 3. The molecular formula is C19H21FN2O4. The zero-order valence-electron chi connectivity index (χ0n) is 15.0. The molecule has 2 aromatic rings. The van der Waals surface area contributed by atoms with E-state index >= 15 is 0 Å². The summed E-state index contributed by atoms with van der Waals surface area (Å²) in [5.41, 5.74) is 2.40. The molecule has 0 saturated heterocycles. The summed E-state index contributed by atoms with van der Waals surface area (Å²) in [6, 6.07) is 6.87. The average molecular weight is 360 g/mol. The topological polar surface area (TPSA) is 77.4 Å². The number of ether oxygens (including phenoxy) is 1. The van der Waals surface area contributed by atoms with Gasteiger partial charge in [0.2, 0.25) is 5.78 Å². The number of nitrogens with one attached hydrogen (secondary N) is 1. The van der Waals surface area contributed by atoms with Crippen molar-refractivity contribution in [2.75, 3.05) is 13.2 Å². The van der Waals surface area contributed by atoms with Gasteiger partial charge in [-0.3, -0.25) is 14.4 Å². The quantitative estimate of drug-likeness (QED) is 0.608. The molecule has 0 fully saturated rings. The van der Waals surface area contributed by atoms with Crippen LogP contribution in [0.15, 0.2) is 30.3 Å². The largest absolute Gasteiger partial charge is 0.456 e. The standard InChI is InChI=1S/C19H21FN2O4/c1-4-22-12(2)8-16(13(22)3)17(23)11-26-18(24)10-21-19(25)14-6-5-7-15(20)9-14/h5-9H,4,10-11H2,1-3H3,(H,21,25). The van der Waals surface area contributed by atoms with Crippen molar-refractivity contribution in [2.24, 2.45) is 0 Å². The third-order valence-corrected chi connectivity index (χ3v) is 4.03. The number of hydrogen-bond acceptors (Lipinski definition) is 4. The molecule has 1 aromatic heterocycles. The van der Waals surface area contributed by atoms with Gasteiger partial charge in [-0.05, 0) is 45.0 Å². The van der Waals surface area contributed by atoms with Crippen molar-refractivity contribution in [1.29, 1.82) is 0 Å². The number of esters is 1. The summed E-state index contributed by atoms with van der Waals surface area (Å²) in [6.45, 7) is 5.66. The minimum absolute atomic E-state index is 0.0980. The molecule has 1 amide bonds. The molecule has 2 rings (SSSR count). The van der Waals surface area contributed by atoms with Gasteiger partial charge in [0, 0.05) is 29.1 Å². The molecule has 0 bridgehead atoms. The monoisotopic (exact) mass is 360 g/mol. The second kappa shape index (κ2) is 8.42. The number of nitrogens with zero attached hydrogens (tertiary/aromatic N) is 1. The number of aryl methyl sites for hydroxylation is 1. The predicted molar refractivity (Wildman–Crippen MR) is 93.6 cm³/mol. The van der Waals surface area contributed by atoms with Gasteiger partial charge in [-0.2, -0.15) is 0 Å². The van der Waals surface area contributed by atoms with Gasteiger partial charge in [0.15, 0.2) is 6.61 Å². The highest BCUT2D eigenvalue weighted by Gasteiger charge is 2.17. The van der Waals surface area contributed by atoms with E-state index in [1.807, 2.05) is 25.3 Å². The van der Waals surface area contributed by atoms with Crippen LogP contribution in [-0.2, 0) is 16.1 Å². The van der Waals surface area contributed by atoms with Gasteiger partial charge in [-0.1, -0.05) is 6.07 Å². The molecule has 1 heterocycles. The number of amides is 1. The summed E-state index contributed by atoms with van der Waals surface area (Å²) < 4.78 is 20.0. The summed E-state index contributed by atoms with van der Waals surface area (Å²) in [7, 11) is 0. The van der Waals surface area contributed by atoms with Crippen molar-refractivity contribution in [3.63, 3.8) is 0 Å². The van der Waals surface area contributed by atoms with Crippen LogP contribution < -0.4 is 5.32 Å². The Balaban J connectivity index is 1.85. The van der Waals surface area contributed by atoms with Crippen LogP contribution in [0.2, 0.25) is 0 Å². The molecule has 0 aliphatic rings. The minimum Gasteiger partial charge on any atom is -0.456 e. The molecule has 0 radical (unpaired) electrons. The van der Waals surface area contributed by atoms with Crippen molar-refractivity contribution in [2.45, 2.75) is 27.3 Å². The zero-order valence-corrected chi connectivity index (χ0v) is 15.0. The lowest BCUT2D eigenvalue weighted by Gasteiger charge is -2.07. The Morgan fingerprint density at radius 3 is 2.54 bits per heavy atom. The normalized spacial score (nSPS) is 10.5. The van der Waals surface area contributed by atoms with E-state index < -0.39 is 30.8 Å². The predicted octanol–water partition coefficient (Wildman–Crippen LogP) is 2.42. The van der Waals surface area contributed by atoms with Gasteiger partial charge in [0.05, 0.1) is 0 Å². The second-order valence-corrected chi connectivity index (χ2v) is 5.81. The fraction of sp³-hybridized carbons (Fsp3) is 0.316. The second-order valence-electron chi connectivity index (χ2n) is 5.81. The summed E-state index contributed by atoms with van der Waals surface area (Å²) in [6.07, 6.45) is 0. The van der Waals surface area contributed by atoms with Gasteiger partial charge >= 0.3 is 5.97 Å². The van der Waals surface area contributed by atoms with Crippen molar-refractivity contribution < 1.29 is 23.5 Å². The number of hydrogen-bond donors (Lipinski definition) is 1. The van der Waals surface area contributed by atoms with Gasteiger partial charge in [0.1, 0.15) is 12.4 Å². The lowest BCUT2D eigenvalue weighted by molar-refractivity contribution is -0.141. The lowest BCUT2D eigenvalue weighted by Crippen LogP contribution is -2.31. The molecule has 0 spiro atoms. The Morgan fingerprint density at radius 1 is 1.19 bits per heavy atom. The van der Waals surface area contributed by atoms with E-state index in [1.54, 1.807) is 6.07 Å². The first-order chi connectivity index (χ1) is 12.3. The van der Waals surface area contributed by atoms with E-state index in [4.69, 9.17) is 4.74 Å². The first kappa shape index (κ1) is 19.4. The molecule has 0 saturated carbocycles. The number of carbonyl (C=O) groups is 3. The van der Waals surface area contributed by atoms with Gasteiger partial charge in [-0.15, -0.1) is 0 Å². The number of halogens is 1. The van der Waals surface area contributed by atoms with Crippen LogP contribution in [0.1, 0.15) is 39.0 Å². The molecule has 6 nitrogen and oxygen atoms in total. The molecule has 138 valence electrons. The molecule has 0 unspecified atom stereocenters. The number of ketones is 1. The average Bonchev–Trinajstić information content (AvgIpc) is 2.91. The molecule has 0 aliphatic carbocycles. The molecule has 26 heavy (non-hydrogen) atoms. The molecule has 7 heteroatoms. The molecule has 0 aliphatic heterocycles. The molecule has 0 atom stereocenters. The maximum Gasteiger partial charge on any atom is 0.325 e. The maximum absolute atomic E-state index is 13.1. The Labute approximate surface area is 151 Å². The molecular weight excluding hydrogens is 339 g/mol. The van der Waals surface area contributed by atoms with E-state index in [9.17, 15) is 18.8 Å². The number of rotatable bonds is 7. The lowest BCUT2D eigenvalue weighted by atomic mass is 10.1. The first-order valence-electron chi connectivity index (χ1n) is 8.22. The van der Waals surface area contributed by atoms with Crippen LogP contribution in [0.3, 0.4) is 0 Å². The van der Waals surface area contributed by atoms with E-state index in [1.165, 1.54) is 18.2 Å². The van der Waals surface area contributed by atoms with Gasteiger partial charge in [-0.25, -0.2) is 4.39 Å². The minimum atomic E-state index is -0.743. The van der Waals surface area contributed by atoms with Crippen molar-refractivity contribution in [3.8, 4) is 0 Å². The Bertz CT molecular complexity index is 842. The van der Waals surface area contributed by atoms with E-state index in [2.05, 4.69) is 5.32 Å². The number of benzene rings is 1. The summed E-state index contributed by atoms with van der Waals surface area (Å²) >= 11 is 0. The molecule has 1 N–H and O–H groups in total. The summed E-state index contributed by atoms with van der Waals surface area (Å²) in [4.78, 5) is 35.8. The fourth-order valence-corrected chi connectivity index (χ4v) is 2.73. The number of Topliss-reactive ketones (excluding diaryl/α,β-unsaturated/α-hetero) is 1. The molecule has 1 aromatic carbocycles. The first-order valence-corrected chi connectivity index (χ1v) is 8.22. The summed E-state index contributed by atoms with van der Waals surface area (Å²) in [5.74, 6) is -2.19. The Kier molecular flexibility index (Phi) is 6.27. The SMILES string of the molecule is CCn1c(C)cc(C(=O)COC(=O)CNC(=O)c2cccc(F)c2)c1C. The smallest absolute Gasteiger partial charge is 0.325 e. The third-order valence-electron chi connectivity index (χ3n) is 4.03. The highest BCUT2D eigenvalue weighted by molar-refractivity contribution is 6.00. The van der Waals surface area contributed by atoms with Gasteiger partial charge < -0.3 is 14.6 Å².